The minimum absolute atomic E-state index is 0.151. The molecule has 0 saturated carbocycles. The van der Waals surface area contributed by atoms with Crippen LogP contribution in [0.3, 0.4) is 0 Å². The highest BCUT2D eigenvalue weighted by molar-refractivity contribution is 6.00. The molecule has 6 nitrogen and oxygen atoms in total. The van der Waals surface area contributed by atoms with Gasteiger partial charge in [0.25, 0.3) is 5.91 Å². The fourth-order valence-corrected chi connectivity index (χ4v) is 2.53. The predicted molar refractivity (Wildman–Crippen MR) is 87.3 cm³/mol. The van der Waals surface area contributed by atoms with Crippen molar-refractivity contribution in [3.05, 3.63) is 41.2 Å². The number of carbonyl (C=O) groups is 2. The van der Waals surface area contributed by atoms with Gasteiger partial charge in [-0.3, -0.25) is 9.59 Å². The summed E-state index contributed by atoms with van der Waals surface area (Å²) in [6.07, 6.45) is 1.36. The van der Waals surface area contributed by atoms with Crippen LogP contribution in [0.5, 0.6) is 5.75 Å². The van der Waals surface area contributed by atoms with Gasteiger partial charge < -0.3 is 10.5 Å². The van der Waals surface area contributed by atoms with Crippen LogP contribution in [0.15, 0.2) is 24.3 Å². The topological polar surface area (TPSA) is 87.2 Å². The molecule has 0 spiro atoms. The Bertz CT molecular complexity index is 717. The Morgan fingerprint density at radius 3 is 2.35 bits per heavy atom. The number of carbonyl (C=O) groups excluding carboxylic acids is 2. The van der Waals surface area contributed by atoms with Gasteiger partial charge in [0.1, 0.15) is 11.4 Å². The van der Waals surface area contributed by atoms with E-state index in [2.05, 4.69) is 5.10 Å². The summed E-state index contributed by atoms with van der Waals surface area (Å²) in [7, 11) is 0. The molecule has 2 aromatic rings. The molecule has 0 unspecified atom stereocenters. The first kappa shape index (κ1) is 16.7. The third-order valence-electron chi connectivity index (χ3n) is 3.44. The van der Waals surface area contributed by atoms with Gasteiger partial charge in [0.15, 0.2) is 11.5 Å². The molecular weight excluding hydrogens is 294 g/mol. The van der Waals surface area contributed by atoms with Crippen LogP contribution in [-0.4, -0.2) is 28.1 Å². The van der Waals surface area contributed by atoms with Crippen LogP contribution in [0.4, 0.5) is 0 Å². The maximum atomic E-state index is 12.1. The first-order valence-electron chi connectivity index (χ1n) is 7.65. The molecule has 0 saturated heterocycles. The number of primary amides is 1. The minimum atomic E-state index is -0.624. The van der Waals surface area contributed by atoms with E-state index in [1.807, 2.05) is 13.8 Å². The van der Waals surface area contributed by atoms with Crippen LogP contribution < -0.4 is 10.5 Å². The third-order valence-corrected chi connectivity index (χ3v) is 3.44. The molecule has 0 aliphatic rings. The Morgan fingerprint density at radius 2 is 1.87 bits per heavy atom. The van der Waals surface area contributed by atoms with Crippen LogP contribution in [0.25, 0.3) is 5.69 Å². The van der Waals surface area contributed by atoms with Gasteiger partial charge in [-0.15, -0.1) is 0 Å². The molecule has 1 aromatic carbocycles. The summed E-state index contributed by atoms with van der Waals surface area (Å²) in [6.45, 7) is 5.92. The van der Waals surface area contributed by atoms with Gasteiger partial charge in [0.05, 0.1) is 12.3 Å². The monoisotopic (exact) mass is 315 g/mol. The molecule has 6 heteroatoms. The highest BCUT2D eigenvalue weighted by Gasteiger charge is 2.24. The zero-order chi connectivity index (χ0) is 17.0. The number of rotatable bonds is 7. The molecule has 23 heavy (non-hydrogen) atoms. The van der Waals surface area contributed by atoms with Crippen molar-refractivity contribution in [3.63, 3.8) is 0 Å². The molecule has 1 amide bonds. The van der Waals surface area contributed by atoms with Gasteiger partial charge in [0.2, 0.25) is 0 Å². The fourth-order valence-electron chi connectivity index (χ4n) is 2.53. The van der Waals surface area contributed by atoms with E-state index in [4.69, 9.17) is 10.5 Å². The molecule has 0 bridgehead atoms. The standard InChI is InChI=1S/C17H21N3O3/c1-4-6-14-15(17(18)22)19-20(16(14)11(3)21)12-7-9-13(10-8-12)23-5-2/h7-10H,4-6H2,1-3H3,(H2,18,22). The number of ether oxygens (including phenoxy) is 1. The van der Waals surface area contributed by atoms with Crippen molar-refractivity contribution in [3.8, 4) is 11.4 Å². The molecule has 0 aliphatic heterocycles. The molecule has 122 valence electrons. The number of amides is 1. The number of aromatic nitrogens is 2. The number of nitrogens with two attached hydrogens (primary N) is 1. The summed E-state index contributed by atoms with van der Waals surface area (Å²) in [6, 6.07) is 7.19. The van der Waals surface area contributed by atoms with Gasteiger partial charge in [-0.1, -0.05) is 13.3 Å². The van der Waals surface area contributed by atoms with Crippen LogP contribution in [0, 0.1) is 0 Å². The number of nitrogens with zero attached hydrogens (tertiary/aromatic N) is 2. The molecule has 2 rings (SSSR count). The van der Waals surface area contributed by atoms with E-state index < -0.39 is 5.91 Å². The molecule has 1 aromatic heterocycles. The lowest BCUT2D eigenvalue weighted by molar-refractivity contribution is 0.0991. The largest absolute Gasteiger partial charge is 0.494 e. The number of benzene rings is 1. The van der Waals surface area contributed by atoms with Crippen molar-refractivity contribution in [2.75, 3.05) is 6.61 Å². The molecule has 0 fully saturated rings. The zero-order valence-corrected chi connectivity index (χ0v) is 13.6. The molecule has 1 heterocycles. The van der Waals surface area contributed by atoms with Crippen LogP contribution >= 0.6 is 0 Å². The van der Waals surface area contributed by atoms with Crippen LogP contribution in [-0.2, 0) is 6.42 Å². The summed E-state index contributed by atoms with van der Waals surface area (Å²) in [5.41, 5.74) is 7.28. The van der Waals surface area contributed by atoms with Gasteiger partial charge in [-0.25, -0.2) is 4.68 Å². The van der Waals surface area contributed by atoms with E-state index in [0.29, 0.717) is 30.0 Å². The van der Waals surface area contributed by atoms with Gasteiger partial charge >= 0.3 is 0 Å². The summed E-state index contributed by atoms with van der Waals surface area (Å²) in [5, 5.41) is 4.28. The van der Waals surface area contributed by atoms with Crippen LogP contribution in [0.1, 0.15) is 53.7 Å². The van der Waals surface area contributed by atoms with E-state index >= 15 is 0 Å². The second-order valence-corrected chi connectivity index (χ2v) is 5.18. The SMILES string of the molecule is CCCc1c(C(N)=O)nn(-c2ccc(OCC)cc2)c1C(C)=O. The van der Waals surface area contributed by atoms with E-state index in [0.717, 1.165) is 12.2 Å². The normalized spacial score (nSPS) is 10.6. The Kier molecular flexibility index (Phi) is 5.16. The van der Waals surface area contributed by atoms with Crippen LogP contribution in [0.2, 0.25) is 0 Å². The summed E-state index contributed by atoms with van der Waals surface area (Å²) in [5.74, 6) is -0.0420. The predicted octanol–water partition coefficient (Wildman–Crippen LogP) is 2.53. The van der Waals surface area contributed by atoms with Gasteiger partial charge in [-0.05, 0) is 37.6 Å². The third kappa shape index (κ3) is 3.41. The van der Waals surface area contributed by atoms with Crippen molar-refractivity contribution in [1.82, 2.24) is 9.78 Å². The fraction of sp³-hybridized carbons (Fsp3) is 0.353. The summed E-state index contributed by atoms with van der Waals surface area (Å²) < 4.78 is 6.90. The summed E-state index contributed by atoms with van der Waals surface area (Å²) in [4.78, 5) is 23.8. The maximum Gasteiger partial charge on any atom is 0.269 e. The molecule has 0 aliphatic carbocycles. The second kappa shape index (κ2) is 7.09. The minimum Gasteiger partial charge on any atom is -0.494 e. The molecule has 0 radical (unpaired) electrons. The van der Waals surface area contributed by atoms with Crippen molar-refractivity contribution in [2.24, 2.45) is 5.73 Å². The zero-order valence-electron chi connectivity index (χ0n) is 13.6. The Hall–Kier alpha value is -2.63. The lowest BCUT2D eigenvalue weighted by atomic mass is 10.0. The molecule has 2 N–H and O–H groups in total. The number of Topliss-reactive ketones (excluding diaryl/α,β-unsaturated/α-hetero) is 1. The second-order valence-electron chi connectivity index (χ2n) is 5.18. The van der Waals surface area contributed by atoms with E-state index in [-0.39, 0.29) is 11.5 Å². The average molecular weight is 315 g/mol. The smallest absolute Gasteiger partial charge is 0.269 e. The highest BCUT2D eigenvalue weighted by atomic mass is 16.5. The van der Waals surface area contributed by atoms with E-state index in [1.54, 1.807) is 24.3 Å². The van der Waals surface area contributed by atoms with Crippen molar-refractivity contribution < 1.29 is 14.3 Å². The summed E-state index contributed by atoms with van der Waals surface area (Å²) >= 11 is 0. The Morgan fingerprint density at radius 1 is 1.22 bits per heavy atom. The first-order chi connectivity index (χ1) is 11.0. The van der Waals surface area contributed by atoms with Gasteiger partial charge in [0, 0.05) is 12.5 Å². The van der Waals surface area contributed by atoms with Crippen molar-refractivity contribution >= 4 is 11.7 Å². The van der Waals surface area contributed by atoms with Gasteiger partial charge in [-0.2, -0.15) is 5.10 Å². The van der Waals surface area contributed by atoms with E-state index in [1.165, 1.54) is 11.6 Å². The molecule has 0 atom stereocenters. The average Bonchev–Trinajstić information content (AvgIpc) is 2.88. The van der Waals surface area contributed by atoms with E-state index in [9.17, 15) is 9.59 Å². The number of hydrogen-bond acceptors (Lipinski definition) is 4. The highest BCUT2D eigenvalue weighted by Crippen LogP contribution is 2.23. The van der Waals surface area contributed by atoms with Crippen molar-refractivity contribution in [1.29, 1.82) is 0 Å². The Balaban J connectivity index is 2.58. The van der Waals surface area contributed by atoms with Crippen molar-refractivity contribution in [2.45, 2.75) is 33.6 Å². The molecular formula is C17H21N3O3. The Labute approximate surface area is 135 Å². The first-order valence-corrected chi connectivity index (χ1v) is 7.65. The number of ketones is 1. The number of hydrogen-bond donors (Lipinski definition) is 1. The lowest BCUT2D eigenvalue weighted by Gasteiger charge is -2.08. The maximum absolute atomic E-state index is 12.1. The lowest BCUT2D eigenvalue weighted by Crippen LogP contribution is -2.14. The quantitative estimate of drug-likeness (QED) is 0.795.